The normalized spacial score (nSPS) is 23.5. The average molecular weight is 296 g/mol. The predicted octanol–water partition coefficient (Wildman–Crippen LogP) is 2.63. The van der Waals surface area contributed by atoms with E-state index in [0.29, 0.717) is 6.04 Å². The highest BCUT2D eigenvalue weighted by molar-refractivity contribution is 6.31. The van der Waals surface area contributed by atoms with E-state index in [0.717, 1.165) is 24.7 Å². The molecule has 1 N–H and O–H groups in total. The van der Waals surface area contributed by atoms with E-state index < -0.39 is 0 Å². The van der Waals surface area contributed by atoms with Crippen LogP contribution in [0.3, 0.4) is 0 Å². The summed E-state index contributed by atoms with van der Waals surface area (Å²) in [4.78, 5) is 4.90. The van der Waals surface area contributed by atoms with E-state index in [1.807, 2.05) is 12.1 Å². The van der Waals surface area contributed by atoms with E-state index in [4.69, 9.17) is 11.6 Å². The number of benzene rings is 1. The SMILES string of the molecule is CCNC(c1ccccc1Cl)C1CN(C)CCCN1C. The molecule has 0 spiro atoms. The molecule has 1 heterocycles. The van der Waals surface area contributed by atoms with Gasteiger partial charge >= 0.3 is 0 Å². The number of halogens is 1. The molecule has 2 rings (SSSR count). The van der Waals surface area contributed by atoms with Gasteiger partial charge in [-0.05, 0) is 51.8 Å². The van der Waals surface area contributed by atoms with Gasteiger partial charge in [0.05, 0.1) is 6.04 Å². The van der Waals surface area contributed by atoms with E-state index in [9.17, 15) is 0 Å². The molecule has 112 valence electrons. The summed E-state index contributed by atoms with van der Waals surface area (Å²) in [6.07, 6.45) is 1.23. The van der Waals surface area contributed by atoms with Gasteiger partial charge in [-0.2, -0.15) is 0 Å². The molecule has 0 amide bonds. The lowest BCUT2D eigenvalue weighted by molar-refractivity contribution is 0.179. The third-order valence-electron chi connectivity index (χ3n) is 4.16. The van der Waals surface area contributed by atoms with Crippen LogP contribution < -0.4 is 5.32 Å². The molecule has 0 aromatic heterocycles. The fourth-order valence-corrected chi connectivity index (χ4v) is 3.32. The number of hydrogen-bond donors (Lipinski definition) is 1. The maximum Gasteiger partial charge on any atom is 0.0505 e. The average Bonchev–Trinajstić information content (AvgIpc) is 2.59. The first-order valence-corrected chi connectivity index (χ1v) is 7.88. The van der Waals surface area contributed by atoms with Crippen molar-refractivity contribution in [3.8, 4) is 0 Å². The van der Waals surface area contributed by atoms with Crippen molar-refractivity contribution < 1.29 is 0 Å². The summed E-state index contributed by atoms with van der Waals surface area (Å²) in [6, 6.07) is 8.93. The number of rotatable bonds is 4. The molecule has 0 radical (unpaired) electrons. The number of nitrogens with one attached hydrogen (secondary N) is 1. The van der Waals surface area contributed by atoms with Crippen LogP contribution in [0.25, 0.3) is 0 Å². The van der Waals surface area contributed by atoms with Gasteiger partial charge in [0.15, 0.2) is 0 Å². The quantitative estimate of drug-likeness (QED) is 0.921. The Morgan fingerprint density at radius 2 is 2.05 bits per heavy atom. The number of likely N-dealkylation sites (N-methyl/N-ethyl adjacent to an activating group) is 3. The molecule has 0 bridgehead atoms. The Kier molecular flexibility index (Phi) is 5.85. The van der Waals surface area contributed by atoms with Crippen LogP contribution in [0.2, 0.25) is 5.02 Å². The lowest BCUT2D eigenvalue weighted by Gasteiger charge is -2.35. The molecule has 1 saturated heterocycles. The van der Waals surface area contributed by atoms with Gasteiger partial charge in [0.2, 0.25) is 0 Å². The van der Waals surface area contributed by atoms with Crippen molar-refractivity contribution in [2.24, 2.45) is 0 Å². The van der Waals surface area contributed by atoms with E-state index in [1.165, 1.54) is 18.5 Å². The van der Waals surface area contributed by atoms with Crippen LogP contribution >= 0.6 is 11.6 Å². The third-order valence-corrected chi connectivity index (χ3v) is 4.51. The van der Waals surface area contributed by atoms with Crippen molar-refractivity contribution in [2.45, 2.75) is 25.4 Å². The van der Waals surface area contributed by atoms with Crippen molar-refractivity contribution in [3.63, 3.8) is 0 Å². The van der Waals surface area contributed by atoms with Crippen LogP contribution in [0, 0.1) is 0 Å². The smallest absolute Gasteiger partial charge is 0.0505 e. The zero-order valence-electron chi connectivity index (χ0n) is 12.8. The Morgan fingerprint density at radius 3 is 2.75 bits per heavy atom. The summed E-state index contributed by atoms with van der Waals surface area (Å²) in [5.41, 5.74) is 1.21. The van der Waals surface area contributed by atoms with Gasteiger partial charge in [0, 0.05) is 17.6 Å². The van der Waals surface area contributed by atoms with Crippen LogP contribution in [0.1, 0.15) is 24.9 Å². The lowest BCUT2D eigenvalue weighted by atomic mass is 9.97. The zero-order valence-corrected chi connectivity index (χ0v) is 13.5. The summed E-state index contributed by atoms with van der Waals surface area (Å²) >= 11 is 6.43. The van der Waals surface area contributed by atoms with E-state index in [-0.39, 0.29) is 6.04 Å². The Labute approximate surface area is 127 Å². The maximum absolute atomic E-state index is 6.43. The predicted molar refractivity (Wildman–Crippen MR) is 86.4 cm³/mol. The minimum Gasteiger partial charge on any atom is -0.309 e. The van der Waals surface area contributed by atoms with Gasteiger partial charge in [0.1, 0.15) is 0 Å². The molecule has 0 aliphatic carbocycles. The molecule has 1 fully saturated rings. The third kappa shape index (κ3) is 3.73. The molecule has 1 aromatic carbocycles. The fourth-order valence-electron chi connectivity index (χ4n) is 3.07. The van der Waals surface area contributed by atoms with Crippen molar-refractivity contribution in [1.29, 1.82) is 0 Å². The second-order valence-electron chi connectivity index (χ2n) is 5.72. The van der Waals surface area contributed by atoms with Crippen LogP contribution in [-0.4, -0.2) is 56.1 Å². The molecule has 1 aliphatic rings. The Balaban J connectivity index is 2.28. The maximum atomic E-state index is 6.43. The van der Waals surface area contributed by atoms with Crippen LogP contribution in [0.4, 0.5) is 0 Å². The van der Waals surface area contributed by atoms with Crippen molar-refractivity contribution >= 4 is 11.6 Å². The van der Waals surface area contributed by atoms with E-state index >= 15 is 0 Å². The minimum atomic E-state index is 0.277. The molecule has 3 nitrogen and oxygen atoms in total. The molecular formula is C16H26ClN3. The lowest BCUT2D eigenvalue weighted by Crippen LogP contribution is -2.47. The second-order valence-corrected chi connectivity index (χ2v) is 6.13. The van der Waals surface area contributed by atoms with Gasteiger partial charge in [-0.25, -0.2) is 0 Å². The largest absolute Gasteiger partial charge is 0.309 e. The Hall–Kier alpha value is -0.610. The summed E-state index contributed by atoms with van der Waals surface area (Å²) in [5.74, 6) is 0. The van der Waals surface area contributed by atoms with Crippen molar-refractivity contribution in [2.75, 3.05) is 40.3 Å². The number of nitrogens with zero attached hydrogens (tertiary/aromatic N) is 2. The molecular weight excluding hydrogens is 270 g/mol. The summed E-state index contributed by atoms with van der Waals surface area (Å²) in [6.45, 7) is 6.48. The highest BCUT2D eigenvalue weighted by atomic mass is 35.5. The first-order chi connectivity index (χ1) is 9.63. The van der Waals surface area contributed by atoms with Gasteiger partial charge in [-0.1, -0.05) is 36.7 Å². The van der Waals surface area contributed by atoms with Crippen LogP contribution in [0.5, 0.6) is 0 Å². The zero-order chi connectivity index (χ0) is 14.5. The van der Waals surface area contributed by atoms with Crippen LogP contribution in [-0.2, 0) is 0 Å². The second kappa shape index (κ2) is 7.41. The van der Waals surface area contributed by atoms with Crippen molar-refractivity contribution in [3.05, 3.63) is 34.9 Å². The summed E-state index contributed by atoms with van der Waals surface area (Å²) in [7, 11) is 4.44. The van der Waals surface area contributed by atoms with Gasteiger partial charge in [-0.3, -0.25) is 0 Å². The Bertz CT molecular complexity index is 424. The van der Waals surface area contributed by atoms with E-state index in [1.54, 1.807) is 0 Å². The topological polar surface area (TPSA) is 18.5 Å². The molecule has 20 heavy (non-hydrogen) atoms. The summed E-state index contributed by atoms with van der Waals surface area (Å²) < 4.78 is 0. The fraction of sp³-hybridized carbons (Fsp3) is 0.625. The molecule has 2 atom stereocenters. The monoisotopic (exact) mass is 295 g/mol. The molecule has 1 aromatic rings. The van der Waals surface area contributed by atoms with Gasteiger partial charge < -0.3 is 15.1 Å². The number of hydrogen-bond acceptors (Lipinski definition) is 3. The van der Waals surface area contributed by atoms with Crippen molar-refractivity contribution in [1.82, 2.24) is 15.1 Å². The summed E-state index contributed by atoms with van der Waals surface area (Å²) in [5, 5.41) is 4.50. The molecule has 4 heteroatoms. The molecule has 0 saturated carbocycles. The first-order valence-electron chi connectivity index (χ1n) is 7.50. The molecule has 1 aliphatic heterocycles. The minimum absolute atomic E-state index is 0.277. The highest BCUT2D eigenvalue weighted by Gasteiger charge is 2.30. The standard InChI is InChI=1S/C16H26ClN3/c1-4-18-16(13-8-5-6-9-14(13)17)15-12-19(2)10-7-11-20(15)3/h5-6,8-9,15-16,18H,4,7,10-12H2,1-3H3. The Morgan fingerprint density at radius 1 is 1.30 bits per heavy atom. The first kappa shape index (κ1) is 15.8. The van der Waals surface area contributed by atoms with Gasteiger partial charge in [0.25, 0.3) is 0 Å². The molecule has 2 unspecified atom stereocenters. The van der Waals surface area contributed by atoms with E-state index in [2.05, 4.69) is 48.3 Å². The van der Waals surface area contributed by atoms with Crippen LogP contribution in [0.15, 0.2) is 24.3 Å². The van der Waals surface area contributed by atoms with Gasteiger partial charge in [-0.15, -0.1) is 0 Å². The highest BCUT2D eigenvalue weighted by Crippen LogP contribution is 2.28.